The third-order valence-corrected chi connectivity index (χ3v) is 1.65. The van der Waals surface area contributed by atoms with Gasteiger partial charge in [-0.3, -0.25) is 0 Å². The molecule has 0 aromatic heterocycles. The normalized spacial score (nSPS) is 12.0. The van der Waals surface area contributed by atoms with Crippen LogP contribution in [0.3, 0.4) is 0 Å². The lowest BCUT2D eigenvalue weighted by molar-refractivity contribution is 0.529. The molecule has 0 aliphatic heterocycles. The van der Waals surface area contributed by atoms with Crippen LogP contribution in [0.15, 0.2) is 0 Å². The summed E-state index contributed by atoms with van der Waals surface area (Å²) in [7, 11) is 0. The van der Waals surface area contributed by atoms with Gasteiger partial charge in [-0.25, -0.2) is 0 Å². The molecule has 62 valence electrons. The second-order valence-electron chi connectivity index (χ2n) is 2.80. The Labute approximate surface area is 68.8 Å². The standard InChI is InChI=1S/C7H18N2S/c1-2-3-4-5-6-7(8,9)10/h10H,2-6,8-9H2,1H3. The SMILES string of the molecule is CCCCCCC(N)(N)S. The molecule has 0 heterocycles. The summed E-state index contributed by atoms with van der Waals surface area (Å²) < 4.78 is 0. The zero-order valence-corrected chi connectivity index (χ0v) is 7.53. The van der Waals surface area contributed by atoms with Gasteiger partial charge >= 0.3 is 0 Å². The molecule has 4 N–H and O–H groups in total. The van der Waals surface area contributed by atoms with Crippen molar-refractivity contribution in [3.05, 3.63) is 0 Å². The molecule has 0 aromatic carbocycles. The highest BCUT2D eigenvalue weighted by atomic mass is 32.1. The highest BCUT2D eigenvalue weighted by Crippen LogP contribution is 2.10. The molecule has 10 heavy (non-hydrogen) atoms. The first-order valence-corrected chi connectivity index (χ1v) is 4.31. The maximum absolute atomic E-state index is 5.46. The van der Waals surface area contributed by atoms with Gasteiger partial charge in [-0.15, -0.1) is 12.6 Å². The third-order valence-electron chi connectivity index (χ3n) is 1.43. The van der Waals surface area contributed by atoms with Gasteiger partial charge in [0.05, 0.1) is 0 Å². The minimum Gasteiger partial charge on any atom is -0.305 e. The molecule has 0 saturated carbocycles. The smallest absolute Gasteiger partial charge is 0.109 e. The summed E-state index contributed by atoms with van der Waals surface area (Å²) in [6, 6.07) is 0. The minimum absolute atomic E-state index is 0.756. The van der Waals surface area contributed by atoms with Gasteiger partial charge < -0.3 is 11.5 Å². The van der Waals surface area contributed by atoms with Crippen molar-refractivity contribution in [3.8, 4) is 0 Å². The zero-order chi connectivity index (χ0) is 8.04. The Morgan fingerprint density at radius 3 is 2.20 bits per heavy atom. The van der Waals surface area contributed by atoms with Crippen LogP contribution in [0.2, 0.25) is 0 Å². The highest BCUT2D eigenvalue weighted by Gasteiger charge is 2.10. The van der Waals surface area contributed by atoms with E-state index in [2.05, 4.69) is 19.6 Å². The Hall–Kier alpha value is 0.270. The van der Waals surface area contributed by atoms with Crippen molar-refractivity contribution in [2.75, 3.05) is 0 Å². The van der Waals surface area contributed by atoms with E-state index in [0.717, 1.165) is 12.8 Å². The largest absolute Gasteiger partial charge is 0.305 e. The Morgan fingerprint density at radius 1 is 1.20 bits per heavy atom. The third kappa shape index (κ3) is 8.27. The van der Waals surface area contributed by atoms with Crippen LogP contribution in [0.1, 0.15) is 39.0 Å². The fourth-order valence-electron chi connectivity index (χ4n) is 0.835. The van der Waals surface area contributed by atoms with E-state index in [-0.39, 0.29) is 0 Å². The maximum atomic E-state index is 5.46. The molecule has 0 fully saturated rings. The van der Waals surface area contributed by atoms with E-state index in [4.69, 9.17) is 11.5 Å². The molecule has 0 amide bonds. The molecule has 0 aliphatic carbocycles. The van der Waals surface area contributed by atoms with Crippen molar-refractivity contribution in [2.45, 2.75) is 44.0 Å². The Kier molecular flexibility index (Phi) is 5.13. The fourth-order valence-corrected chi connectivity index (χ4v) is 0.993. The van der Waals surface area contributed by atoms with Gasteiger partial charge in [0.1, 0.15) is 4.99 Å². The van der Waals surface area contributed by atoms with Crippen LogP contribution in [-0.4, -0.2) is 4.99 Å². The van der Waals surface area contributed by atoms with Crippen molar-refractivity contribution in [3.63, 3.8) is 0 Å². The topological polar surface area (TPSA) is 52.0 Å². The highest BCUT2D eigenvalue weighted by molar-refractivity contribution is 7.81. The zero-order valence-electron chi connectivity index (χ0n) is 6.64. The van der Waals surface area contributed by atoms with Crippen LogP contribution in [0.25, 0.3) is 0 Å². The van der Waals surface area contributed by atoms with Crippen LogP contribution in [0, 0.1) is 0 Å². The number of thiol groups is 1. The van der Waals surface area contributed by atoms with Crippen LogP contribution < -0.4 is 11.5 Å². The van der Waals surface area contributed by atoms with Gasteiger partial charge in [0.2, 0.25) is 0 Å². The molecule has 3 heteroatoms. The summed E-state index contributed by atoms with van der Waals surface area (Å²) in [5.41, 5.74) is 10.9. The molecule has 0 atom stereocenters. The summed E-state index contributed by atoms with van der Waals surface area (Å²) in [6.07, 6.45) is 5.62. The Bertz CT molecular complexity index is 78.2. The average Bonchev–Trinajstić information content (AvgIpc) is 1.78. The van der Waals surface area contributed by atoms with E-state index in [1.807, 2.05) is 0 Å². The van der Waals surface area contributed by atoms with E-state index in [1.54, 1.807) is 0 Å². The summed E-state index contributed by atoms with van der Waals surface area (Å²) in [5.74, 6) is 0. The summed E-state index contributed by atoms with van der Waals surface area (Å²) in [4.78, 5) is -0.756. The predicted molar refractivity (Wildman–Crippen MR) is 48.9 cm³/mol. The first-order chi connectivity index (χ1) is 4.56. The average molecular weight is 162 g/mol. The van der Waals surface area contributed by atoms with Gasteiger partial charge in [0, 0.05) is 0 Å². The summed E-state index contributed by atoms with van der Waals surface area (Å²) >= 11 is 4.01. The number of hydrogen-bond acceptors (Lipinski definition) is 3. The monoisotopic (exact) mass is 162 g/mol. The molecule has 2 nitrogen and oxygen atoms in total. The molecule has 0 aromatic rings. The van der Waals surface area contributed by atoms with Crippen LogP contribution >= 0.6 is 12.6 Å². The minimum atomic E-state index is -0.756. The lowest BCUT2D eigenvalue weighted by Crippen LogP contribution is -2.43. The first kappa shape index (κ1) is 10.3. The quantitative estimate of drug-likeness (QED) is 0.326. The maximum Gasteiger partial charge on any atom is 0.109 e. The molecule has 0 spiro atoms. The second kappa shape index (κ2) is 4.99. The molecule has 0 radical (unpaired) electrons. The van der Waals surface area contributed by atoms with Crippen LogP contribution in [0.5, 0.6) is 0 Å². The molecule has 0 rings (SSSR count). The molecule has 0 saturated heterocycles. The molecular weight excluding hydrogens is 144 g/mol. The molecule has 0 aliphatic rings. The second-order valence-corrected chi connectivity index (χ2v) is 3.63. The fraction of sp³-hybridized carbons (Fsp3) is 1.00. The number of nitrogens with two attached hydrogens (primary N) is 2. The Balaban J connectivity index is 3.04. The van der Waals surface area contributed by atoms with Gasteiger partial charge in [-0.2, -0.15) is 0 Å². The number of unbranched alkanes of at least 4 members (excludes halogenated alkanes) is 3. The van der Waals surface area contributed by atoms with Crippen molar-refractivity contribution >= 4 is 12.6 Å². The van der Waals surface area contributed by atoms with Crippen molar-refractivity contribution < 1.29 is 0 Å². The van der Waals surface area contributed by atoms with E-state index in [0.29, 0.717) is 0 Å². The van der Waals surface area contributed by atoms with Gasteiger partial charge in [-0.1, -0.05) is 26.2 Å². The van der Waals surface area contributed by atoms with E-state index >= 15 is 0 Å². The van der Waals surface area contributed by atoms with Crippen LogP contribution in [-0.2, 0) is 0 Å². The molecule has 0 bridgehead atoms. The number of hydrogen-bond donors (Lipinski definition) is 3. The van der Waals surface area contributed by atoms with E-state index in [9.17, 15) is 0 Å². The first-order valence-electron chi connectivity index (χ1n) is 3.86. The van der Waals surface area contributed by atoms with E-state index < -0.39 is 4.99 Å². The van der Waals surface area contributed by atoms with E-state index in [1.165, 1.54) is 19.3 Å². The van der Waals surface area contributed by atoms with Gasteiger partial charge in [0.15, 0.2) is 0 Å². The van der Waals surface area contributed by atoms with Crippen molar-refractivity contribution in [1.29, 1.82) is 0 Å². The van der Waals surface area contributed by atoms with Gasteiger partial charge in [-0.05, 0) is 12.8 Å². The molecule has 0 unspecified atom stereocenters. The lowest BCUT2D eigenvalue weighted by Gasteiger charge is -2.16. The predicted octanol–water partition coefficient (Wildman–Crippen LogP) is 1.46. The van der Waals surface area contributed by atoms with Crippen molar-refractivity contribution in [1.82, 2.24) is 0 Å². The van der Waals surface area contributed by atoms with Crippen molar-refractivity contribution in [2.24, 2.45) is 11.5 Å². The number of rotatable bonds is 5. The van der Waals surface area contributed by atoms with Gasteiger partial charge in [0.25, 0.3) is 0 Å². The summed E-state index contributed by atoms with van der Waals surface area (Å²) in [6.45, 7) is 2.18. The summed E-state index contributed by atoms with van der Waals surface area (Å²) in [5, 5.41) is 0. The Morgan fingerprint density at radius 2 is 1.80 bits per heavy atom. The lowest BCUT2D eigenvalue weighted by atomic mass is 10.1. The molecular formula is C7H18N2S. The van der Waals surface area contributed by atoms with Crippen LogP contribution in [0.4, 0.5) is 0 Å².